The smallest absolute Gasteiger partial charge is 0.187 e. The fourth-order valence-electron chi connectivity index (χ4n) is 4.93. The molecule has 2 heterocycles. The number of aliphatic hydroxyl groups is 2. The summed E-state index contributed by atoms with van der Waals surface area (Å²) in [6.45, 7) is 0.704. The van der Waals surface area contributed by atoms with Crippen LogP contribution in [0.2, 0.25) is 0 Å². The van der Waals surface area contributed by atoms with Gasteiger partial charge in [-0.3, -0.25) is 0 Å². The van der Waals surface area contributed by atoms with Crippen LogP contribution in [0.1, 0.15) is 16.7 Å². The molecule has 0 spiro atoms. The largest absolute Gasteiger partial charge is 0.394 e. The third kappa shape index (κ3) is 5.38. The molecule has 0 unspecified atom stereocenters. The normalized spacial score (nSPS) is 29.3. The Morgan fingerprint density at radius 2 is 1.19 bits per heavy atom. The summed E-state index contributed by atoms with van der Waals surface area (Å²) in [6, 6.07) is 29.3. The Labute approximate surface area is 211 Å². The van der Waals surface area contributed by atoms with E-state index in [1.807, 2.05) is 91.0 Å². The lowest BCUT2D eigenvalue weighted by Crippen LogP contribution is -2.63. The first-order valence-electron chi connectivity index (χ1n) is 12.2. The van der Waals surface area contributed by atoms with E-state index >= 15 is 0 Å². The van der Waals surface area contributed by atoms with E-state index in [9.17, 15) is 10.2 Å². The zero-order chi connectivity index (χ0) is 24.8. The molecule has 2 aliphatic rings. The molecule has 2 fully saturated rings. The predicted molar refractivity (Wildman–Crippen MR) is 132 cm³/mol. The molecule has 2 aliphatic heterocycles. The zero-order valence-electron chi connectivity index (χ0n) is 20.0. The molecule has 2 bridgehead atoms. The van der Waals surface area contributed by atoms with Crippen LogP contribution in [0, 0.1) is 0 Å². The maximum Gasteiger partial charge on any atom is 0.187 e. The highest BCUT2D eigenvalue weighted by molar-refractivity contribution is 5.17. The Kier molecular flexibility index (Phi) is 8.09. The van der Waals surface area contributed by atoms with Gasteiger partial charge in [-0.1, -0.05) is 91.0 Å². The molecule has 190 valence electrons. The van der Waals surface area contributed by atoms with Crippen molar-refractivity contribution in [1.82, 2.24) is 0 Å². The molecule has 3 aromatic rings. The molecule has 7 nitrogen and oxygen atoms in total. The van der Waals surface area contributed by atoms with Crippen molar-refractivity contribution in [1.29, 1.82) is 0 Å². The van der Waals surface area contributed by atoms with Crippen molar-refractivity contribution >= 4 is 0 Å². The first kappa shape index (κ1) is 25.0. The Hall–Kier alpha value is -2.62. The van der Waals surface area contributed by atoms with Gasteiger partial charge in [-0.2, -0.15) is 0 Å². The van der Waals surface area contributed by atoms with E-state index in [4.69, 9.17) is 23.7 Å². The molecule has 0 saturated carbocycles. The lowest BCUT2D eigenvalue weighted by atomic mass is 9.87. The van der Waals surface area contributed by atoms with Gasteiger partial charge >= 0.3 is 0 Å². The number of rotatable bonds is 11. The third-order valence-corrected chi connectivity index (χ3v) is 6.70. The first-order chi connectivity index (χ1) is 17.7. The molecule has 0 aromatic heterocycles. The van der Waals surface area contributed by atoms with Crippen LogP contribution in [-0.4, -0.2) is 59.7 Å². The molecule has 36 heavy (non-hydrogen) atoms. The van der Waals surface area contributed by atoms with Crippen LogP contribution in [0.3, 0.4) is 0 Å². The number of fused-ring (bicyclic) bond motifs is 2. The van der Waals surface area contributed by atoms with Gasteiger partial charge in [0.15, 0.2) is 11.9 Å². The Bertz CT molecular complexity index is 1060. The Morgan fingerprint density at radius 3 is 1.72 bits per heavy atom. The maximum absolute atomic E-state index is 11.2. The topological polar surface area (TPSA) is 86.6 Å². The number of hydrogen-bond acceptors (Lipinski definition) is 7. The van der Waals surface area contributed by atoms with Crippen molar-refractivity contribution in [2.24, 2.45) is 0 Å². The lowest BCUT2D eigenvalue weighted by molar-refractivity contribution is -0.329. The Balaban J connectivity index is 1.41. The van der Waals surface area contributed by atoms with E-state index in [-0.39, 0.29) is 26.4 Å². The molecule has 6 atom stereocenters. The van der Waals surface area contributed by atoms with Gasteiger partial charge < -0.3 is 33.9 Å². The fourth-order valence-corrected chi connectivity index (χ4v) is 4.93. The van der Waals surface area contributed by atoms with Crippen LogP contribution < -0.4 is 0 Å². The van der Waals surface area contributed by atoms with Crippen molar-refractivity contribution in [3.8, 4) is 0 Å². The van der Waals surface area contributed by atoms with E-state index in [1.165, 1.54) is 0 Å². The first-order valence-corrected chi connectivity index (χ1v) is 12.2. The lowest BCUT2D eigenvalue weighted by Gasteiger charge is -2.45. The SMILES string of the molecule is OC[C@H]1O[C@H]2O[C@@](COCc3ccccc3)([C@H](OCc3ccccc3)[C@H]2O)[C@@H]1OCc1ccccc1. The molecule has 3 aromatic carbocycles. The highest BCUT2D eigenvalue weighted by atomic mass is 16.8. The van der Waals surface area contributed by atoms with Crippen LogP contribution in [0.15, 0.2) is 91.0 Å². The second-order valence-corrected chi connectivity index (χ2v) is 9.20. The maximum atomic E-state index is 11.2. The predicted octanol–water partition coefficient (Wildman–Crippen LogP) is 3.22. The van der Waals surface area contributed by atoms with Gasteiger partial charge in [-0.15, -0.1) is 0 Å². The van der Waals surface area contributed by atoms with E-state index in [1.54, 1.807) is 0 Å². The summed E-state index contributed by atoms with van der Waals surface area (Å²) >= 11 is 0. The minimum Gasteiger partial charge on any atom is -0.394 e. The molecular formula is C29H32O7. The van der Waals surface area contributed by atoms with Crippen LogP contribution in [-0.2, 0) is 43.5 Å². The monoisotopic (exact) mass is 492 g/mol. The van der Waals surface area contributed by atoms with Crippen molar-refractivity contribution in [2.45, 2.75) is 56.1 Å². The summed E-state index contributed by atoms with van der Waals surface area (Å²) in [4.78, 5) is 0. The summed E-state index contributed by atoms with van der Waals surface area (Å²) in [7, 11) is 0. The number of aliphatic hydroxyl groups excluding tert-OH is 2. The van der Waals surface area contributed by atoms with E-state index in [2.05, 4.69) is 0 Å². The molecule has 2 N–H and O–H groups in total. The highest BCUT2D eigenvalue weighted by Crippen LogP contribution is 2.45. The molecular weight excluding hydrogens is 460 g/mol. The molecule has 0 amide bonds. The Morgan fingerprint density at radius 1 is 0.694 bits per heavy atom. The second kappa shape index (κ2) is 11.6. The number of hydrogen-bond donors (Lipinski definition) is 2. The molecule has 5 rings (SSSR count). The summed E-state index contributed by atoms with van der Waals surface area (Å²) in [5, 5.41) is 21.4. The molecule has 2 saturated heterocycles. The van der Waals surface area contributed by atoms with Crippen molar-refractivity contribution in [3.05, 3.63) is 108 Å². The standard InChI is InChI=1S/C29H32O7/c30-16-24-26(33-18-22-12-6-2-7-13-22)29(20-32-17-21-10-4-1-5-11-21)27(25(31)28(35-24)36-29)34-19-23-14-8-3-9-15-23/h1-15,24-28,30-31H,16-20H2/t24-,25-,26-,27-,28+,29-/m1/s1. The minimum absolute atomic E-state index is 0.0915. The van der Waals surface area contributed by atoms with Gasteiger partial charge in [0.25, 0.3) is 0 Å². The average Bonchev–Trinajstić information content (AvgIpc) is 3.15. The third-order valence-electron chi connectivity index (χ3n) is 6.70. The van der Waals surface area contributed by atoms with Crippen LogP contribution in [0.4, 0.5) is 0 Å². The quantitative estimate of drug-likeness (QED) is 0.425. The molecule has 0 radical (unpaired) electrons. The van der Waals surface area contributed by atoms with Crippen LogP contribution >= 0.6 is 0 Å². The van der Waals surface area contributed by atoms with E-state index in [0.717, 1.165) is 16.7 Å². The van der Waals surface area contributed by atoms with Gasteiger partial charge in [-0.25, -0.2) is 0 Å². The van der Waals surface area contributed by atoms with E-state index in [0.29, 0.717) is 6.61 Å². The highest BCUT2D eigenvalue weighted by Gasteiger charge is 2.66. The van der Waals surface area contributed by atoms with Gasteiger partial charge in [0.2, 0.25) is 0 Å². The van der Waals surface area contributed by atoms with Gasteiger partial charge in [-0.05, 0) is 16.7 Å². The molecule has 7 heteroatoms. The minimum atomic E-state index is -1.19. The van der Waals surface area contributed by atoms with Crippen molar-refractivity contribution < 1.29 is 33.9 Å². The molecule has 0 aliphatic carbocycles. The van der Waals surface area contributed by atoms with E-state index < -0.39 is 36.3 Å². The zero-order valence-corrected chi connectivity index (χ0v) is 20.0. The number of benzene rings is 3. The van der Waals surface area contributed by atoms with Crippen LogP contribution in [0.5, 0.6) is 0 Å². The summed E-state index contributed by atoms with van der Waals surface area (Å²) in [5.41, 5.74) is 1.76. The summed E-state index contributed by atoms with van der Waals surface area (Å²) in [6.07, 6.45) is -4.29. The van der Waals surface area contributed by atoms with Crippen LogP contribution in [0.25, 0.3) is 0 Å². The van der Waals surface area contributed by atoms with Gasteiger partial charge in [0.1, 0.15) is 24.4 Å². The van der Waals surface area contributed by atoms with Gasteiger partial charge in [0.05, 0.1) is 33.0 Å². The van der Waals surface area contributed by atoms with Crippen molar-refractivity contribution in [3.63, 3.8) is 0 Å². The fraction of sp³-hybridized carbons (Fsp3) is 0.379. The average molecular weight is 493 g/mol. The number of ether oxygens (including phenoxy) is 5. The van der Waals surface area contributed by atoms with Gasteiger partial charge in [0, 0.05) is 0 Å². The summed E-state index contributed by atoms with van der Waals surface area (Å²) in [5.74, 6) is 0. The summed E-state index contributed by atoms with van der Waals surface area (Å²) < 4.78 is 31.1. The van der Waals surface area contributed by atoms with Crippen molar-refractivity contribution in [2.75, 3.05) is 13.2 Å². The second-order valence-electron chi connectivity index (χ2n) is 9.20.